The third kappa shape index (κ3) is 1.66. The summed E-state index contributed by atoms with van der Waals surface area (Å²) in [6.07, 6.45) is 4.01. The predicted octanol–water partition coefficient (Wildman–Crippen LogP) is 1.72. The zero-order valence-corrected chi connectivity index (χ0v) is 7.79. The number of carbonyl (C=O) groups is 1. The van der Waals surface area contributed by atoms with Crippen LogP contribution in [0.1, 0.15) is 10.4 Å². The molecule has 0 unspecified atom stereocenters. The number of carbonyl (C=O) groups excluding carboxylic acids is 1. The molecule has 72 valence electrons. The minimum absolute atomic E-state index is 0.359. The van der Waals surface area contributed by atoms with Crippen molar-refractivity contribution in [3.05, 3.63) is 47.8 Å². The molecule has 4 nitrogen and oxygen atoms in total. The molecule has 1 heterocycles. The molecule has 1 aromatic heterocycles. The topological polar surface area (TPSA) is 66.4 Å². The van der Waals surface area contributed by atoms with Crippen molar-refractivity contribution in [3.8, 4) is 0 Å². The van der Waals surface area contributed by atoms with Crippen molar-refractivity contribution in [2.45, 2.75) is 0 Å². The molecule has 0 radical (unpaired) electrons. The van der Waals surface area contributed by atoms with Gasteiger partial charge in [0.25, 0.3) is 5.78 Å². The van der Waals surface area contributed by atoms with Gasteiger partial charge in [-0.15, -0.1) is 0 Å². The summed E-state index contributed by atoms with van der Waals surface area (Å²) in [5, 5.41) is 1.69. The minimum Gasteiger partial charge on any atom is -0.361 e. The summed E-state index contributed by atoms with van der Waals surface area (Å²) in [4.78, 5) is 18.2. The highest BCUT2D eigenvalue weighted by atomic mass is 16.1. The molecular weight excluding hydrogens is 190 g/mol. The van der Waals surface area contributed by atoms with E-state index in [-0.39, 0.29) is 5.78 Å². The number of hydrogen-bond acceptors (Lipinski definition) is 2. The van der Waals surface area contributed by atoms with E-state index in [1.54, 1.807) is 6.20 Å². The largest absolute Gasteiger partial charge is 0.361 e. The summed E-state index contributed by atoms with van der Waals surface area (Å²) in [5.41, 5.74) is 8.73. The molecule has 2 aromatic rings. The van der Waals surface area contributed by atoms with E-state index in [1.807, 2.05) is 24.3 Å². The number of hydrogen-bond donors (Lipinski definition) is 0. The van der Waals surface area contributed by atoms with Crippen LogP contribution >= 0.6 is 0 Å². The molecule has 0 bridgehead atoms. The van der Waals surface area contributed by atoms with Crippen LogP contribution in [0.3, 0.4) is 0 Å². The van der Waals surface area contributed by atoms with Crippen LogP contribution in [0.5, 0.6) is 0 Å². The fourth-order valence-corrected chi connectivity index (χ4v) is 1.43. The number of pyridine rings is 1. The molecule has 0 aliphatic heterocycles. The monoisotopic (exact) mass is 197 g/mol. The summed E-state index contributed by atoms with van der Waals surface area (Å²) in [6, 6.07) is 7.41. The van der Waals surface area contributed by atoms with Crippen LogP contribution in [0.25, 0.3) is 16.3 Å². The lowest BCUT2D eigenvalue weighted by Gasteiger charge is -1.99. The van der Waals surface area contributed by atoms with Gasteiger partial charge in [-0.3, -0.25) is 9.78 Å². The van der Waals surface area contributed by atoms with Crippen LogP contribution < -0.4 is 0 Å². The van der Waals surface area contributed by atoms with Crippen molar-refractivity contribution in [1.29, 1.82) is 0 Å². The highest BCUT2D eigenvalue weighted by Gasteiger charge is 2.10. The van der Waals surface area contributed by atoms with Gasteiger partial charge >= 0.3 is 6.21 Å². The zero-order valence-electron chi connectivity index (χ0n) is 7.79. The Bertz CT molecular complexity index is 566. The highest BCUT2D eigenvalue weighted by molar-refractivity contribution is 6.36. The maximum atomic E-state index is 11.5. The standard InChI is InChI=1S/C11H7N3O/c12-14-7-11(15)10-6-13-5-8-3-1-2-4-9(8)10/h1-7H. The zero-order chi connectivity index (χ0) is 10.7. The van der Waals surface area contributed by atoms with Crippen LogP contribution in [-0.4, -0.2) is 21.8 Å². The highest BCUT2D eigenvalue weighted by Crippen LogP contribution is 2.16. The van der Waals surface area contributed by atoms with Crippen LogP contribution in [0.15, 0.2) is 36.7 Å². The summed E-state index contributed by atoms with van der Waals surface area (Å²) >= 11 is 0. The smallest absolute Gasteiger partial charge is 0.328 e. The maximum absolute atomic E-state index is 11.5. The lowest BCUT2D eigenvalue weighted by atomic mass is 10.1. The number of nitrogens with zero attached hydrogens (tertiary/aromatic N) is 3. The molecule has 0 aliphatic rings. The molecular formula is C11H7N3O. The van der Waals surface area contributed by atoms with E-state index >= 15 is 0 Å². The fraction of sp³-hybridized carbons (Fsp3) is 0. The van der Waals surface area contributed by atoms with Crippen LogP contribution in [0, 0.1) is 0 Å². The van der Waals surface area contributed by atoms with Gasteiger partial charge in [-0.25, -0.2) is 0 Å². The van der Waals surface area contributed by atoms with Crippen LogP contribution in [0.4, 0.5) is 0 Å². The van der Waals surface area contributed by atoms with Crippen molar-refractivity contribution in [1.82, 2.24) is 4.98 Å². The minimum atomic E-state index is -0.359. The van der Waals surface area contributed by atoms with Gasteiger partial charge in [0.05, 0.1) is 5.56 Å². The molecule has 0 saturated carbocycles. The van der Waals surface area contributed by atoms with Crippen molar-refractivity contribution in [3.63, 3.8) is 0 Å². The quantitative estimate of drug-likeness (QED) is 0.318. The number of benzene rings is 1. The lowest BCUT2D eigenvalue weighted by Crippen LogP contribution is -2.02. The Hall–Kier alpha value is -2.32. The third-order valence-corrected chi connectivity index (χ3v) is 2.11. The second-order valence-electron chi connectivity index (χ2n) is 3.02. The summed E-state index contributed by atoms with van der Waals surface area (Å²) in [6.45, 7) is 0. The summed E-state index contributed by atoms with van der Waals surface area (Å²) in [5.74, 6) is -0.359. The maximum Gasteiger partial charge on any atom is 0.328 e. The Morgan fingerprint density at radius 3 is 2.93 bits per heavy atom. The first-order valence-corrected chi connectivity index (χ1v) is 4.37. The molecule has 0 spiro atoms. The predicted molar refractivity (Wildman–Crippen MR) is 55.8 cm³/mol. The average molecular weight is 197 g/mol. The Morgan fingerprint density at radius 2 is 2.13 bits per heavy atom. The van der Waals surface area contributed by atoms with Gasteiger partial charge in [-0.1, -0.05) is 24.3 Å². The molecule has 0 N–H and O–H groups in total. The normalized spacial score (nSPS) is 9.60. The Kier molecular flexibility index (Phi) is 2.35. The molecule has 0 saturated heterocycles. The number of aromatic nitrogens is 1. The molecule has 0 atom stereocenters. The van der Waals surface area contributed by atoms with E-state index in [0.29, 0.717) is 5.56 Å². The van der Waals surface area contributed by atoms with Gasteiger partial charge < -0.3 is 5.53 Å². The number of ketones is 1. The summed E-state index contributed by atoms with van der Waals surface area (Å²) in [7, 11) is 0. The number of Topliss-reactive ketones (excluding diaryl/α,β-unsaturated/α-hetero) is 1. The number of rotatable bonds is 2. The first-order chi connectivity index (χ1) is 7.33. The van der Waals surface area contributed by atoms with Gasteiger partial charge in [0.2, 0.25) is 0 Å². The SMILES string of the molecule is [N-]=[N+]=CC(=O)c1cncc2ccccc12. The molecule has 15 heavy (non-hydrogen) atoms. The van der Waals surface area contributed by atoms with Gasteiger partial charge in [-0.2, -0.15) is 4.79 Å². The van der Waals surface area contributed by atoms with Crippen LogP contribution in [-0.2, 0) is 0 Å². The van der Waals surface area contributed by atoms with E-state index in [1.165, 1.54) is 6.20 Å². The molecule has 2 rings (SSSR count). The second kappa shape index (κ2) is 3.82. The molecule has 4 heteroatoms. The fourth-order valence-electron chi connectivity index (χ4n) is 1.43. The van der Waals surface area contributed by atoms with Gasteiger partial charge in [-0.05, 0) is 5.39 Å². The van der Waals surface area contributed by atoms with Crippen LogP contribution in [0.2, 0.25) is 0 Å². The van der Waals surface area contributed by atoms with Crippen molar-refractivity contribution in [2.75, 3.05) is 0 Å². The van der Waals surface area contributed by atoms with Gasteiger partial charge in [0.1, 0.15) is 0 Å². The lowest BCUT2D eigenvalue weighted by molar-refractivity contribution is 0.00236. The van der Waals surface area contributed by atoms with E-state index in [0.717, 1.165) is 17.0 Å². The second-order valence-corrected chi connectivity index (χ2v) is 3.02. The molecule has 1 aromatic carbocycles. The van der Waals surface area contributed by atoms with E-state index in [9.17, 15) is 4.79 Å². The molecule has 0 fully saturated rings. The van der Waals surface area contributed by atoms with Crippen molar-refractivity contribution in [2.24, 2.45) is 0 Å². The number of fused-ring (bicyclic) bond motifs is 1. The Morgan fingerprint density at radius 1 is 1.33 bits per heavy atom. The third-order valence-electron chi connectivity index (χ3n) is 2.11. The summed E-state index contributed by atoms with van der Waals surface area (Å²) < 4.78 is 0. The van der Waals surface area contributed by atoms with Gasteiger partial charge in [0.15, 0.2) is 0 Å². The van der Waals surface area contributed by atoms with E-state index in [4.69, 9.17) is 5.53 Å². The van der Waals surface area contributed by atoms with E-state index in [2.05, 4.69) is 9.77 Å². The Labute approximate surface area is 85.8 Å². The molecule has 0 amide bonds. The first-order valence-electron chi connectivity index (χ1n) is 4.37. The van der Waals surface area contributed by atoms with Crippen molar-refractivity contribution >= 4 is 22.8 Å². The van der Waals surface area contributed by atoms with Gasteiger partial charge in [0, 0.05) is 17.8 Å². The van der Waals surface area contributed by atoms with E-state index < -0.39 is 0 Å². The first kappa shape index (κ1) is 9.24. The average Bonchev–Trinajstić information content (AvgIpc) is 2.28. The molecule has 0 aliphatic carbocycles. The van der Waals surface area contributed by atoms with Crippen molar-refractivity contribution < 1.29 is 9.58 Å². The Balaban J connectivity index is 2.71.